The van der Waals surface area contributed by atoms with E-state index in [0.29, 0.717) is 22.6 Å². The molecule has 1 amide bonds. The van der Waals surface area contributed by atoms with Crippen LogP contribution in [0.15, 0.2) is 48.5 Å². The minimum absolute atomic E-state index is 0.187. The van der Waals surface area contributed by atoms with Gasteiger partial charge in [0, 0.05) is 16.8 Å². The van der Waals surface area contributed by atoms with Crippen LogP contribution >= 0.6 is 0 Å². The van der Waals surface area contributed by atoms with Crippen molar-refractivity contribution in [2.45, 2.75) is 6.23 Å². The van der Waals surface area contributed by atoms with E-state index in [1.54, 1.807) is 49.6 Å². The molecule has 1 aliphatic heterocycles. The lowest BCUT2D eigenvalue weighted by Crippen LogP contribution is -2.27. The molecule has 0 spiro atoms. The Kier molecular flexibility index (Phi) is 2.72. The summed E-state index contributed by atoms with van der Waals surface area (Å²) in [6, 6.07) is 14.1. The molecule has 0 aromatic heterocycles. The zero-order chi connectivity index (χ0) is 13.4. The molecule has 1 aliphatic rings. The highest BCUT2D eigenvalue weighted by Gasteiger charge is 2.35. The fourth-order valence-electron chi connectivity index (χ4n) is 2.30. The molecule has 0 saturated heterocycles. The highest BCUT2D eigenvalue weighted by atomic mass is 16.5. The average molecular weight is 255 g/mol. The molecule has 0 saturated carbocycles. The Morgan fingerprint density at radius 1 is 1.11 bits per heavy atom. The Hall–Kier alpha value is -2.33. The van der Waals surface area contributed by atoms with E-state index in [1.165, 1.54) is 4.90 Å². The van der Waals surface area contributed by atoms with Gasteiger partial charge in [-0.3, -0.25) is 9.69 Å². The zero-order valence-corrected chi connectivity index (χ0v) is 10.4. The largest absolute Gasteiger partial charge is 0.497 e. The Morgan fingerprint density at radius 2 is 1.79 bits per heavy atom. The maximum absolute atomic E-state index is 12.3. The van der Waals surface area contributed by atoms with Crippen LogP contribution in [0.1, 0.15) is 22.1 Å². The fourth-order valence-corrected chi connectivity index (χ4v) is 2.30. The molecule has 4 heteroatoms. The summed E-state index contributed by atoms with van der Waals surface area (Å²) in [7, 11) is 1.58. The van der Waals surface area contributed by atoms with Gasteiger partial charge in [0.15, 0.2) is 6.23 Å². The van der Waals surface area contributed by atoms with E-state index in [1.807, 2.05) is 6.07 Å². The average Bonchev–Trinajstić information content (AvgIpc) is 2.72. The molecule has 4 nitrogen and oxygen atoms in total. The van der Waals surface area contributed by atoms with Crippen LogP contribution in [0.5, 0.6) is 5.75 Å². The molecule has 1 atom stereocenters. The number of carbonyl (C=O) groups excluding carboxylic acids is 1. The van der Waals surface area contributed by atoms with E-state index in [-0.39, 0.29) is 5.91 Å². The zero-order valence-electron chi connectivity index (χ0n) is 10.4. The van der Waals surface area contributed by atoms with Gasteiger partial charge in [0.05, 0.1) is 7.11 Å². The van der Waals surface area contributed by atoms with Crippen molar-refractivity contribution in [3.63, 3.8) is 0 Å². The monoisotopic (exact) mass is 255 g/mol. The van der Waals surface area contributed by atoms with Crippen molar-refractivity contribution in [3.8, 4) is 5.75 Å². The van der Waals surface area contributed by atoms with Gasteiger partial charge in [-0.25, -0.2) is 0 Å². The minimum Gasteiger partial charge on any atom is -0.497 e. The molecule has 0 aliphatic carbocycles. The molecular formula is C15H13NO3. The summed E-state index contributed by atoms with van der Waals surface area (Å²) < 4.78 is 5.08. The lowest BCUT2D eigenvalue weighted by molar-refractivity contribution is 0.0935. The molecule has 1 heterocycles. The Balaban J connectivity index is 2.01. The molecular weight excluding hydrogens is 242 g/mol. The molecule has 2 aromatic carbocycles. The summed E-state index contributed by atoms with van der Waals surface area (Å²) in [6.45, 7) is 0. The Morgan fingerprint density at radius 3 is 2.42 bits per heavy atom. The van der Waals surface area contributed by atoms with Crippen LogP contribution in [0, 0.1) is 0 Å². The summed E-state index contributed by atoms with van der Waals surface area (Å²) in [5.41, 5.74) is 1.84. The quantitative estimate of drug-likeness (QED) is 0.896. The van der Waals surface area contributed by atoms with Crippen molar-refractivity contribution >= 4 is 11.6 Å². The molecule has 0 bridgehead atoms. The Bertz CT molecular complexity index is 622. The van der Waals surface area contributed by atoms with Crippen LogP contribution < -0.4 is 9.64 Å². The van der Waals surface area contributed by atoms with Crippen LogP contribution in [0.25, 0.3) is 0 Å². The summed E-state index contributed by atoms with van der Waals surface area (Å²) >= 11 is 0. The predicted molar refractivity (Wildman–Crippen MR) is 71.2 cm³/mol. The number of anilines is 1. The summed E-state index contributed by atoms with van der Waals surface area (Å²) in [5.74, 6) is 0.524. The second kappa shape index (κ2) is 4.40. The van der Waals surface area contributed by atoms with Crippen LogP contribution in [-0.2, 0) is 0 Å². The normalized spacial score (nSPS) is 17.5. The van der Waals surface area contributed by atoms with Crippen LogP contribution in [0.2, 0.25) is 0 Å². The highest BCUT2D eigenvalue weighted by Crippen LogP contribution is 2.36. The third kappa shape index (κ3) is 1.77. The molecule has 0 fully saturated rings. The number of hydrogen-bond acceptors (Lipinski definition) is 3. The maximum Gasteiger partial charge on any atom is 0.261 e. The predicted octanol–water partition coefficient (Wildman–Crippen LogP) is 2.35. The number of carbonyl (C=O) groups is 1. The first-order valence-electron chi connectivity index (χ1n) is 5.97. The first-order valence-corrected chi connectivity index (χ1v) is 5.97. The molecule has 0 unspecified atom stereocenters. The van der Waals surface area contributed by atoms with E-state index in [9.17, 15) is 9.90 Å². The van der Waals surface area contributed by atoms with E-state index < -0.39 is 6.23 Å². The second-order valence-electron chi connectivity index (χ2n) is 4.33. The molecule has 3 rings (SSSR count). The van der Waals surface area contributed by atoms with Crippen LogP contribution in [0.3, 0.4) is 0 Å². The van der Waals surface area contributed by atoms with Crippen molar-refractivity contribution in [3.05, 3.63) is 59.7 Å². The summed E-state index contributed by atoms with van der Waals surface area (Å²) in [5, 5.41) is 10.3. The molecule has 0 radical (unpaired) electrons. The second-order valence-corrected chi connectivity index (χ2v) is 4.33. The third-order valence-corrected chi connectivity index (χ3v) is 3.28. The van der Waals surface area contributed by atoms with Gasteiger partial charge in [0.1, 0.15) is 5.75 Å². The number of aliphatic hydroxyl groups is 1. The first-order chi connectivity index (χ1) is 9.22. The number of methoxy groups -OCH3 is 1. The van der Waals surface area contributed by atoms with Gasteiger partial charge >= 0.3 is 0 Å². The minimum atomic E-state index is -0.933. The summed E-state index contributed by atoms with van der Waals surface area (Å²) in [6.07, 6.45) is -0.933. The molecule has 96 valence electrons. The smallest absolute Gasteiger partial charge is 0.261 e. The number of nitrogens with zero attached hydrogens (tertiary/aromatic N) is 1. The number of benzene rings is 2. The van der Waals surface area contributed by atoms with Gasteiger partial charge < -0.3 is 9.84 Å². The van der Waals surface area contributed by atoms with Crippen LogP contribution in [-0.4, -0.2) is 18.1 Å². The van der Waals surface area contributed by atoms with Gasteiger partial charge in [0.2, 0.25) is 0 Å². The van der Waals surface area contributed by atoms with Crippen molar-refractivity contribution < 1.29 is 14.6 Å². The molecule has 1 N–H and O–H groups in total. The van der Waals surface area contributed by atoms with Crippen molar-refractivity contribution in [1.82, 2.24) is 0 Å². The number of ether oxygens (including phenoxy) is 1. The van der Waals surface area contributed by atoms with E-state index in [4.69, 9.17) is 4.74 Å². The number of amides is 1. The van der Waals surface area contributed by atoms with E-state index in [2.05, 4.69) is 0 Å². The number of hydrogen-bond donors (Lipinski definition) is 1. The topological polar surface area (TPSA) is 49.8 Å². The van der Waals surface area contributed by atoms with E-state index >= 15 is 0 Å². The first kappa shape index (κ1) is 11.7. The number of fused-ring (bicyclic) bond motifs is 1. The number of aliphatic hydroxyl groups excluding tert-OH is 1. The van der Waals surface area contributed by atoms with Crippen molar-refractivity contribution in [2.24, 2.45) is 0 Å². The molecule has 19 heavy (non-hydrogen) atoms. The van der Waals surface area contributed by atoms with E-state index in [0.717, 1.165) is 0 Å². The van der Waals surface area contributed by atoms with Gasteiger partial charge in [0.25, 0.3) is 5.91 Å². The van der Waals surface area contributed by atoms with Crippen LogP contribution in [0.4, 0.5) is 5.69 Å². The van der Waals surface area contributed by atoms with Gasteiger partial charge in [-0.15, -0.1) is 0 Å². The highest BCUT2D eigenvalue weighted by molar-refractivity contribution is 6.10. The SMILES string of the molecule is COc1ccc(N2C(=O)c3ccccc3[C@@H]2O)cc1. The fraction of sp³-hybridized carbons (Fsp3) is 0.133. The standard InChI is InChI=1S/C15H13NO3/c1-19-11-8-6-10(7-9-11)16-14(17)12-4-2-3-5-13(12)15(16)18/h2-9,14,17H,1H3/t14-/m0/s1. The third-order valence-electron chi connectivity index (χ3n) is 3.28. The van der Waals surface area contributed by atoms with Crippen molar-refractivity contribution in [2.75, 3.05) is 12.0 Å². The lowest BCUT2D eigenvalue weighted by Gasteiger charge is -2.21. The number of rotatable bonds is 2. The van der Waals surface area contributed by atoms with Crippen molar-refractivity contribution in [1.29, 1.82) is 0 Å². The molecule has 2 aromatic rings. The maximum atomic E-state index is 12.3. The summed E-state index contributed by atoms with van der Waals surface area (Å²) in [4.78, 5) is 13.7. The lowest BCUT2D eigenvalue weighted by atomic mass is 10.1. The van der Waals surface area contributed by atoms with Gasteiger partial charge in [-0.2, -0.15) is 0 Å². The van der Waals surface area contributed by atoms with Gasteiger partial charge in [-0.1, -0.05) is 18.2 Å². The van der Waals surface area contributed by atoms with Gasteiger partial charge in [-0.05, 0) is 30.3 Å². The Labute approximate surface area is 110 Å².